The molecule has 1 aliphatic heterocycles. The third-order valence-electron chi connectivity index (χ3n) is 9.35. The van der Waals surface area contributed by atoms with E-state index in [1.54, 1.807) is 53.7 Å². The predicted molar refractivity (Wildman–Crippen MR) is 242 cm³/mol. The van der Waals surface area contributed by atoms with Crippen LogP contribution < -0.4 is 6.15 Å². The van der Waals surface area contributed by atoms with Crippen LogP contribution in [0.4, 0.5) is 4.79 Å². The Morgan fingerprint density at radius 2 is 1.53 bits per heavy atom. The number of hydrogen-bond donors (Lipinski definition) is 2. The standard InChI is InChI=1S/C18H22BrN3O2.C15H13BrNO2S.C11H18O3.H3N.H2O/c1-18(2,3)24-17(23)22-9-5-8-14(22)16-15(20-11-21-16)12-6-4-7-13(19)10-12;1-11-6-8-14(9-7-11)20(18,19)15(17-2)12-4-3-5-13(16)10-12;1-11(2,3)14-10(13)9-6-4-5-8(9)7-12;;/h4,6-7,10-11,14H,5,8-9H2,1-3H3,(H,20,21);2-10,15H,1H3;7-9H,4-6H2,1-3H3;1H3;1H2/q;+1;;;/t14-;;8-,9?;;/m0.1../s1. The fourth-order valence-electron chi connectivity index (χ4n) is 6.71. The summed E-state index contributed by atoms with van der Waals surface area (Å²) in [7, 11) is -3.65. The third kappa shape index (κ3) is 14.4. The first-order chi connectivity index (χ1) is 27.2. The molecular formula is C44H58Br2N5O8S+. The number of sulfone groups is 1. The molecule has 1 aromatic heterocycles. The topological polar surface area (TPSA) is 207 Å². The number of ether oxygens (including phenoxy) is 2. The molecule has 1 aliphatic carbocycles. The summed E-state index contributed by atoms with van der Waals surface area (Å²) >= 11 is 6.82. The van der Waals surface area contributed by atoms with E-state index >= 15 is 0 Å². The molecule has 1 saturated heterocycles. The molecule has 1 saturated carbocycles. The second kappa shape index (κ2) is 22.4. The molecule has 0 radical (unpaired) electrons. The van der Waals surface area contributed by atoms with Gasteiger partial charge in [0.15, 0.2) is 0 Å². The van der Waals surface area contributed by atoms with Crippen LogP contribution in [0.15, 0.2) is 93.0 Å². The van der Waals surface area contributed by atoms with Crippen LogP contribution in [0.2, 0.25) is 0 Å². The van der Waals surface area contributed by atoms with Gasteiger partial charge in [-0.2, -0.15) is 0 Å². The van der Waals surface area contributed by atoms with Gasteiger partial charge >= 0.3 is 17.4 Å². The number of hydrogen-bond acceptors (Lipinski definition) is 9. The summed E-state index contributed by atoms with van der Waals surface area (Å²) < 4.78 is 37.8. The normalized spacial score (nSPS) is 17.8. The maximum atomic E-state index is 12.6. The number of carbonyl (C=O) groups excluding carboxylic acids is 3. The van der Waals surface area contributed by atoms with E-state index in [4.69, 9.17) is 16.0 Å². The van der Waals surface area contributed by atoms with E-state index in [2.05, 4.69) is 46.7 Å². The number of benzene rings is 3. The van der Waals surface area contributed by atoms with E-state index in [0.717, 1.165) is 69.9 Å². The van der Waals surface area contributed by atoms with Crippen LogP contribution in [0.1, 0.15) is 102 Å². The number of esters is 1. The highest BCUT2D eigenvalue weighted by atomic mass is 79.9. The van der Waals surface area contributed by atoms with E-state index in [1.165, 1.54) is 0 Å². The highest BCUT2D eigenvalue weighted by molar-refractivity contribution is 9.10. The average molecular weight is 977 g/mol. The molecule has 16 heteroatoms. The van der Waals surface area contributed by atoms with Gasteiger partial charge in [-0.05, 0) is 117 Å². The predicted octanol–water partition coefficient (Wildman–Crippen LogP) is 10.4. The summed E-state index contributed by atoms with van der Waals surface area (Å²) in [4.78, 5) is 48.2. The first kappa shape index (κ1) is 51.7. The molecule has 2 fully saturated rings. The summed E-state index contributed by atoms with van der Waals surface area (Å²) in [6.07, 6.45) is 6.75. The second-order valence-corrected chi connectivity index (χ2v) is 20.1. The Hall–Kier alpha value is -4.40. The summed E-state index contributed by atoms with van der Waals surface area (Å²) in [5, 5.41) is -1.11. The zero-order chi connectivity index (χ0) is 42.8. The lowest BCUT2D eigenvalue weighted by atomic mass is 9.97. The largest absolute Gasteiger partial charge is 0.460 e. The number of aromatic amines is 1. The van der Waals surface area contributed by atoms with Crippen LogP contribution in [0.5, 0.6) is 0 Å². The van der Waals surface area contributed by atoms with Gasteiger partial charge in [-0.25, -0.2) is 18.2 Å². The minimum atomic E-state index is -3.65. The number of halogens is 2. The van der Waals surface area contributed by atoms with Crippen molar-refractivity contribution in [2.24, 2.45) is 11.8 Å². The molecule has 6 rings (SSSR count). The van der Waals surface area contributed by atoms with Gasteiger partial charge in [-0.1, -0.05) is 79.0 Å². The van der Waals surface area contributed by atoms with Crippen molar-refractivity contribution in [1.29, 1.82) is 0 Å². The molecule has 326 valence electrons. The fraction of sp³-hybridized carbons (Fsp3) is 0.432. The van der Waals surface area contributed by atoms with Gasteiger partial charge in [-0.15, -0.1) is 0 Å². The Bertz CT molecular complexity index is 2190. The first-order valence-corrected chi connectivity index (χ1v) is 22.3. The van der Waals surface area contributed by atoms with Crippen molar-refractivity contribution in [3.63, 3.8) is 0 Å². The Kier molecular flexibility index (Phi) is 19.4. The minimum absolute atomic E-state index is 0. The van der Waals surface area contributed by atoms with E-state index < -0.39 is 26.4 Å². The summed E-state index contributed by atoms with van der Waals surface area (Å²) in [5.74, 6) is -0.538. The highest BCUT2D eigenvalue weighted by Gasteiger charge is 2.38. The van der Waals surface area contributed by atoms with Crippen LogP contribution in [-0.2, 0) is 28.9 Å². The number of rotatable bonds is 7. The van der Waals surface area contributed by atoms with Crippen LogP contribution in [0.25, 0.3) is 16.1 Å². The van der Waals surface area contributed by atoms with Gasteiger partial charge in [0.25, 0.3) is 16.4 Å². The maximum Gasteiger partial charge on any atom is 0.410 e. The minimum Gasteiger partial charge on any atom is -0.460 e. The smallest absolute Gasteiger partial charge is 0.410 e. The number of aromatic nitrogens is 2. The van der Waals surface area contributed by atoms with Crippen LogP contribution in [0.3, 0.4) is 0 Å². The SMILES string of the molecule is C#[N+]C(c1cccc(Br)c1)S(=O)(=O)c1ccc(C)cc1.CC(C)(C)OC(=O)C1CCC[C@@H]1C=O.CC(C)(C)OC(=O)N1CCC[C@H]1c1[nH]cnc1-c1cccc(Br)c1.N.O. The lowest BCUT2D eigenvalue weighted by Gasteiger charge is -2.28. The van der Waals surface area contributed by atoms with Crippen molar-refractivity contribution in [3.05, 3.63) is 110 Å². The first-order valence-electron chi connectivity index (χ1n) is 19.2. The Morgan fingerprint density at radius 3 is 2.10 bits per heavy atom. The van der Waals surface area contributed by atoms with Gasteiger partial charge in [0.2, 0.25) is 0 Å². The number of amides is 1. The second-order valence-electron chi connectivity index (χ2n) is 16.3. The van der Waals surface area contributed by atoms with Crippen molar-refractivity contribution in [1.82, 2.24) is 21.0 Å². The molecule has 4 atom stereocenters. The summed E-state index contributed by atoms with van der Waals surface area (Å²) in [5.41, 5.74) is 3.46. The number of nitrogens with zero attached hydrogens (tertiary/aromatic N) is 3. The molecule has 2 aliphatic rings. The molecule has 60 heavy (non-hydrogen) atoms. The lowest BCUT2D eigenvalue weighted by molar-refractivity contribution is -0.161. The molecule has 13 nitrogen and oxygen atoms in total. The highest BCUT2D eigenvalue weighted by Crippen LogP contribution is 2.38. The molecular weight excluding hydrogens is 918 g/mol. The van der Waals surface area contributed by atoms with Gasteiger partial charge < -0.3 is 30.9 Å². The molecule has 2 unspecified atom stereocenters. The van der Waals surface area contributed by atoms with E-state index in [9.17, 15) is 22.8 Å². The summed E-state index contributed by atoms with van der Waals surface area (Å²) in [6, 6.07) is 21.6. The number of imidazole rings is 1. The number of aryl methyl sites for hydroxylation is 1. The number of aldehydes is 1. The molecule has 0 bridgehead atoms. The lowest BCUT2D eigenvalue weighted by Crippen LogP contribution is -2.36. The molecule has 4 aromatic rings. The number of H-pyrrole nitrogens is 1. The van der Waals surface area contributed by atoms with Gasteiger partial charge in [0, 0.05) is 27.0 Å². The van der Waals surface area contributed by atoms with Crippen molar-refractivity contribution < 1.29 is 37.8 Å². The van der Waals surface area contributed by atoms with E-state index in [0.29, 0.717) is 12.1 Å². The summed E-state index contributed by atoms with van der Waals surface area (Å²) in [6.45, 7) is 19.1. The number of likely N-dealkylation sites (tertiary alicyclic amines) is 1. The van der Waals surface area contributed by atoms with Crippen LogP contribution in [0, 0.1) is 25.3 Å². The third-order valence-corrected chi connectivity index (χ3v) is 12.2. The van der Waals surface area contributed by atoms with E-state index in [1.807, 2.05) is 78.8 Å². The van der Waals surface area contributed by atoms with Gasteiger partial charge in [-0.3, -0.25) is 9.69 Å². The van der Waals surface area contributed by atoms with Crippen molar-refractivity contribution in [2.75, 3.05) is 6.54 Å². The zero-order valence-electron chi connectivity index (χ0n) is 35.3. The molecule has 6 N–H and O–H groups in total. The Labute approximate surface area is 370 Å². The van der Waals surface area contributed by atoms with Crippen molar-refractivity contribution >= 4 is 60.0 Å². The van der Waals surface area contributed by atoms with Crippen LogP contribution >= 0.6 is 31.9 Å². The van der Waals surface area contributed by atoms with Crippen molar-refractivity contribution in [3.8, 4) is 17.8 Å². The quantitative estimate of drug-likeness (QED) is 0.133. The molecule has 3 aromatic carbocycles. The van der Waals surface area contributed by atoms with Crippen molar-refractivity contribution in [2.45, 2.75) is 108 Å². The van der Waals surface area contributed by atoms with Gasteiger partial charge in [0.05, 0.1) is 40.1 Å². The number of carbonyl (C=O) groups is 3. The molecule has 2 heterocycles. The Balaban J connectivity index is 0.000000315. The van der Waals surface area contributed by atoms with Crippen LogP contribution in [-0.4, -0.2) is 64.9 Å². The maximum absolute atomic E-state index is 12.6. The van der Waals surface area contributed by atoms with E-state index in [-0.39, 0.29) is 46.5 Å². The molecule has 0 spiro atoms. The molecule has 1 amide bonds. The van der Waals surface area contributed by atoms with Gasteiger partial charge in [0.1, 0.15) is 17.5 Å². The Morgan fingerprint density at radius 1 is 0.917 bits per heavy atom. The monoisotopic (exact) mass is 974 g/mol. The fourth-order valence-corrected chi connectivity index (χ4v) is 8.97. The number of nitrogens with one attached hydrogen (secondary N) is 1. The zero-order valence-corrected chi connectivity index (χ0v) is 39.3. The average Bonchev–Trinajstić information content (AvgIpc) is 3.92.